The van der Waals surface area contributed by atoms with Crippen LogP contribution in [0.4, 0.5) is 5.95 Å². The molecule has 3 N–H and O–H groups in total. The van der Waals surface area contributed by atoms with Crippen molar-refractivity contribution in [3.63, 3.8) is 0 Å². The lowest BCUT2D eigenvalue weighted by atomic mass is 10.3. The summed E-state index contributed by atoms with van der Waals surface area (Å²) in [5.74, 6) is -1.32. The molecule has 0 saturated heterocycles. The summed E-state index contributed by atoms with van der Waals surface area (Å²) >= 11 is 0. The van der Waals surface area contributed by atoms with Crippen molar-refractivity contribution in [3.8, 4) is 0 Å². The van der Waals surface area contributed by atoms with Gasteiger partial charge in [-0.3, -0.25) is 9.59 Å². The highest BCUT2D eigenvalue weighted by atomic mass is 16.4. The number of anilines is 1. The van der Waals surface area contributed by atoms with Crippen molar-refractivity contribution in [1.29, 1.82) is 0 Å². The van der Waals surface area contributed by atoms with E-state index >= 15 is 0 Å². The van der Waals surface area contributed by atoms with Crippen LogP contribution in [-0.4, -0.2) is 40.5 Å². The summed E-state index contributed by atoms with van der Waals surface area (Å²) < 4.78 is 0. The fraction of sp³-hybridized carbons (Fsp3) is 0.333. The molecule has 0 bridgehead atoms. The van der Waals surface area contributed by atoms with Crippen LogP contribution in [0.2, 0.25) is 0 Å². The van der Waals surface area contributed by atoms with Gasteiger partial charge in [0.1, 0.15) is 12.2 Å². The number of aliphatic carboxylic acids is 1. The maximum Gasteiger partial charge on any atom is 0.322 e. The van der Waals surface area contributed by atoms with E-state index in [1.54, 1.807) is 14.0 Å². The molecule has 0 radical (unpaired) electrons. The van der Waals surface area contributed by atoms with E-state index in [2.05, 4.69) is 20.6 Å². The Morgan fingerprint density at radius 2 is 2.12 bits per heavy atom. The van der Waals surface area contributed by atoms with Crippen LogP contribution in [-0.2, 0) is 4.79 Å². The minimum absolute atomic E-state index is 0.137. The Morgan fingerprint density at radius 1 is 1.44 bits per heavy atom. The third kappa shape index (κ3) is 3.19. The van der Waals surface area contributed by atoms with Crippen molar-refractivity contribution >= 4 is 17.8 Å². The maximum atomic E-state index is 11.5. The predicted octanol–water partition coefficient (Wildman–Crippen LogP) is -0.359. The van der Waals surface area contributed by atoms with Gasteiger partial charge in [-0.1, -0.05) is 0 Å². The van der Waals surface area contributed by atoms with E-state index < -0.39 is 18.4 Å². The Morgan fingerprint density at radius 3 is 2.69 bits per heavy atom. The maximum absolute atomic E-state index is 11.5. The molecule has 0 atom stereocenters. The summed E-state index contributed by atoms with van der Waals surface area (Å²) in [6, 6.07) is 1.48. The normalized spacial score (nSPS) is 9.62. The van der Waals surface area contributed by atoms with Crippen LogP contribution in [0.1, 0.15) is 16.2 Å². The van der Waals surface area contributed by atoms with E-state index in [0.717, 1.165) is 0 Å². The van der Waals surface area contributed by atoms with Gasteiger partial charge in [-0.15, -0.1) is 0 Å². The third-order valence-corrected chi connectivity index (χ3v) is 1.71. The van der Waals surface area contributed by atoms with Gasteiger partial charge in [0.05, 0.1) is 0 Å². The van der Waals surface area contributed by atoms with E-state index in [9.17, 15) is 9.59 Å². The summed E-state index contributed by atoms with van der Waals surface area (Å²) in [7, 11) is 1.63. The van der Waals surface area contributed by atoms with Crippen LogP contribution < -0.4 is 10.6 Å². The molecule has 1 aromatic heterocycles. The van der Waals surface area contributed by atoms with Crippen LogP contribution in [0.3, 0.4) is 0 Å². The van der Waals surface area contributed by atoms with Gasteiger partial charge in [0.25, 0.3) is 5.91 Å². The van der Waals surface area contributed by atoms with Crippen LogP contribution in [0.25, 0.3) is 0 Å². The second-order valence-corrected chi connectivity index (χ2v) is 3.04. The second kappa shape index (κ2) is 5.06. The van der Waals surface area contributed by atoms with Gasteiger partial charge in [-0.05, 0) is 13.0 Å². The molecule has 1 aromatic rings. The molecule has 1 rings (SSSR count). The molecule has 7 nitrogen and oxygen atoms in total. The van der Waals surface area contributed by atoms with E-state index in [1.165, 1.54) is 6.07 Å². The smallest absolute Gasteiger partial charge is 0.322 e. The highest BCUT2D eigenvalue weighted by Crippen LogP contribution is 2.03. The molecule has 16 heavy (non-hydrogen) atoms. The number of carboxylic acids is 1. The predicted molar refractivity (Wildman–Crippen MR) is 56.3 cm³/mol. The zero-order valence-corrected chi connectivity index (χ0v) is 8.94. The van der Waals surface area contributed by atoms with Crippen molar-refractivity contribution in [1.82, 2.24) is 15.3 Å². The molecule has 1 heterocycles. The van der Waals surface area contributed by atoms with E-state index in [1.807, 2.05) is 0 Å². The summed E-state index contributed by atoms with van der Waals surface area (Å²) in [5, 5.41) is 13.3. The topological polar surface area (TPSA) is 104 Å². The van der Waals surface area contributed by atoms with Gasteiger partial charge >= 0.3 is 5.97 Å². The Kier molecular flexibility index (Phi) is 3.76. The number of aryl methyl sites for hydroxylation is 1. The molecule has 0 aromatic carbocycles. The van der Waals surface area contributed by atoms with E-state index in [4.69, 9.17) is 5.11 Å². The Balaban J connectivity index is 2.82. The van der Waals surface area contributed by atoms with Gasteiger partial charge in [0.2, 0.25) is 5.95 Å². The molecular weight excluding hydrogens is 212 g/mol. The highest BCUT2D eigenvalue weighted by Gasteiger charge is 2.10. The number of hydrogen-bond donors (Lipinski definition) is 3. The molecule has 7 heteroatoms. The fourth-order valence-corrected chi connectivity index (χ4v) is 1.04. The number of carbonyl (C=O) groups is 2. The molecule has 0 unspecified atom stereocenters. The Hall–Kier alpha value is -2.18. The zero-order chi connectivity index (χ0) is 12.1. The number of nitrogens with zero attached hydrogens (tertiary/aromatic N) is 2. The van der Waals surface area contributed by atoms with Gasteiger partial charge in [0.15, 0.2) is 0 Å². The molecule has 0 aliphatic heterocycles. The summed E-state index contributed by atoms with van der Waals surface area (Å²) in [4.78, 5) is 29.7. The average Bonchev–Trinajstić information content (AvgIpc) is 2.24. The molecule has 86 valence electrons. The summed E-state index contributed by atoms with van der Waals surface area (Å²) in [6.07, 6.45) is 0. The van der Waals surface area contributed by atoms with Crippen LogP contribution in [0.15, 0.2) is 6.07 Å². The van der Waals surface area contributed by atoms with E-state index in [0.29, 0.717) is 11.6 Å². The standard InChI is InChI=1S/C9H12N4O3/c1-5-3-6(13-9(10-2)12-5)8(16)11-4-7(14)15/h3H,4H2,1-2H3,(H,11,16)(H,14,15)(H,10,12,13). The first-order chi connectivity index (χ1) is 7.52. The molecule has 0 saturated carbocycles. The van der Waals surface area contributed by atoms with Crippen molar-refractivity contribution in [2.45, 2.75) is 6.92 Å². The molecular formula is C9H12N4O3. The Bertz CT molecular complexity index is 419. The highest BCUT2D eigenvalue weighted by molar-refractivity contribution is 5.94. The minimum Gasteiger partial charge on any atom is -0.480 e. The molecule has 0 spiro atoms. The van der Waals surface area contributed by atoms with Crippen molar-refractivity contribution in [2.75, 3.05) is 18.9 Å². The minimum atomic E-state index is -1.10. The lowest BCUT2D eigenvalue weighted by molar-refractivity contribution is -0.135. The Labute approximate surface area is 91.9 Å². The first-order valence-corrected chi connectivity index (χ1v) is 4.56. The largest absolute Gasteiger partial charge is 0.480 e. The SMILES string of the molecule is CNc1nc(C)cc(C(=O)NCC(=O)O)n1. The quantitative estimate of drug-likeness (QED) is 0.645. The molecule has 0 fully saturated rings. The number of carbonyl (C=O) groups excluding carboxylic acids is 1. The van der Waals surface area contributed by atoms with Gasteiger partial charge in [0, 0.05) is 12.7 Å². The van der Waals surface area contributed by atoms with Gasteiger partial charge in [-0.25, -0.2) is 9.97 Å². The zero-order valence-electron chi connectivity index (χ0n) is 8.94. The first kappa shape index (κ1) is 11.9. The fourth-order valence-electron chi connectivity index (χ4n) is 1.04. The third-order valence-electron chi connectivity index (χ3n) is 1.71. The number of amides is 1. The first-order valence-electron chi connectivity index (χ1n) is 4.56. The second-order valence-electron chi connectivity index (χ2n) is 3.04. The van der Waals surface area contributed by atoms with E-state index in [-0.39, 0.29) is 5.69 Å². The molecule has 0 aliphatic carbocycles. The molecule has 1 amide bonds. The van der Waals surface area contributed by atoms with Crippen LogP contribution >= 0.6 is 0 Å². The number of aromatic nitrogens is 2. The van der Waals surface area contributed by atoms with Crippen molar-refractivity contribution < 1.29 is 14.7 Å². The monoisotopic (exact) mass is 224 g/mol. The number of nitrogens with one attached hydrogen (secondary N) is 2. The summed E-state index contributed by atoms with van der Waals surface area (Å²) in [5.41, 5.74) is 0.762. The van der Waals surface area contributed by atoms with Crippen molar-refractivity contribution in [2.24, 2.45) is 0 Å². The van der Waals surface area contributed by atoms with Crippen LogP contribution in [0, 0.1) is 6.92 Å². The van der Waals surface area contributed by atoms with Crippen LogP contribution in [0.5, 0.6) is 0 Å². The van der Waals surface area contributed by atoms with Gasteiger partial charge < -0.3 is 15.7 Å². The lowest BCUT2D eigenvalue weighted by Gasteiger charge is -2.05. The number of hydrogen-bond acceptors (Lipinski definition) is 5. The number of carboxylic acid groups (broad SMARTS) is 1. The van der Waals surface area contributed by atoms with Gasteiger partial charge in [-0.2, -0.15) is 0 Å². The summed E-state index contributed by atoms with van der Waals surface area (Å²) in [6.45, 7) is 1.28. The number of rotatable bonds is 4. The lowest BCUT2D eigenvalue weighted by Crippen LogP contribution is -2.30. The molecule has 0 aliphatic rings. The van der Waals surface area contributed by atoms with Crippen molar-refractivity contribution in [3.05, 3.63) is 17.5 Å². The average molecular weight is 224 g/mol.